The Morgan fingerprint density at radius 1 is 1.14 bits per heavy atom. The van der Waals surface area contributed by atoms with Crippen LogP contribution in [0.1, 0.15) is 53.4 Å². The van der Waals surface area contributed by atoms with Crippen LogP contribution in [0.3, 0.4) is 0 Å². The molecule has 0 amide bonds. The predicted octanol–water partition coefficient (Wildman–Crippen LogP) is 3.85. The van der Waals surface area contributed by atoms with Gasteiger partial charge < -0.3 is 0 Å². The molecule has 0 heterocycles. The van der Waals surface area contributed by atoms with Crippen molar-refractivity contribution in [2.45, 2.75) is 58.9 Å². The van der Waals surface area contributed by atoms with Crippen molar-refractivity contribution >= 4 is 0 Å². The molecule has 0 fully saturated rings. The van der Waals surface area contributed by atoms with E-state index in [1.165, 1.54) is 31.3 Å². The molecule has 0 unspecified atom stereocenters. The van der Waals surface area contributed by atoms with E-state index in [-0.39, 0.29) is 5.54 Å². The maximum absolute atomic E-state index is 4.19. The van der Waals surface area contributed by atoms with Gasteiger partial charge in [0.15, 0.2) is 0 Å². The van der Waals surface area contributed by atoms with Gasteiger partial charge in [0.25, 0.3) is 0 Å². The average Bonchev–Trinajstić information content (AvgIpc) is 2.15. The van der Waals surface area contributed by atoms with Gasteiger partial charge in [-0.1, -0.05) is 45.8 Å². The van der Waals surface area contributed by atoms with Gasteiger partial charge in [0, 0.05) is 5.54 Å². The summed E-state index contributed by atoms with van der Waals surface area (Å²) < 4.78 is 0. The van der Waals surface area contributed by atoms with Gasteiger partial charge in [-0.2, -0.15) is 0 Å². The fraction of sp³-hybridized carbons (Fsp3) is 0.846. The zero-order valence-corrected chi connectivity index (χ0v) is 10.7. The zero-order valence-electron chi connectivity index (χ0n) is 10.7. The maximum Gasteiger partial charge on any atom is 0.0411 e. The lowest BCUT2D eigenvalue weighted by Crippen LogP contribution is -2.47. The van der Waals surface area contributed by atoms with Crippen LogP contribution in [-0.4, -0.2) is 24.0 Å². The van der Waals surface area contributed by atoms with Crippen LogP contribution >= 0.6 is 0 Å². The van der Waals surface area contributed by atoms with E-state index in [1.807, 2.05) is 0 Å². The van der Waals surface area contributed by atoms with Crippen LogP contribution in [0.5, 0.6) is 0 Å². The highest BCUT2D eigenvalue weighted by Gasteiger charge is 2.32. The number of likely N-dealkylation sites (N-methyl/N-ethyl adjacent to an activating group) is 1. The summed E-state index contributed by atoms with van der Waals surface area (Å²) in [5, 5.41) is 0. The van der Waals surface area contributed by atoms with Crippen LogP contribution < -0.4 is 0 Å². The minimum Gasteiger partial charge on any atom is -0.297 e. The molecule has 0 radical (unpaired) electrons. The molecule has 0 spiro atoms. The Labute approximate surface area is 90.2 Å². The molecular weight excluding hydrogens is 170 g/mol. The Balaban J connectivity index is 4.82. The van der Waals surface area contributed by atoms with Crippen molar-refractivity contribution in [3.05, 3.63) is 12.2 Å². The average molecular weight is 197 g/mol. The second kappa shape index (κ2) is 6.23. The fourth-order valence-electron chi connectivity index (χ4n) is 2.39. The first-order valence-corrected chi connectivity index (χ1v) is 5.92. The van der Waals surface area contributed by atoms with Crippen LogP contribution in [0, 0.1) is 0 Å². The van der Waals surface area contributed by atoms with E-state index in [2.05, 4.69) is 46.2 Å². The van der Waals surface area contributed by atoms with E-state index >= 15 is 0 Å². The number of nitrogens with zero attached hydrogens (tertiary/aromatic N) is 1. The smallest absolute Gasteiger partial charge is 0.0411 e. The van der Waals surface area contributed by atoms with Crippen molar-refractivity contribution in [1.29, 1.82) is 0 Å². The molecule has 0 atom stereocenters. The molecule has 0 aromatic heterocycles. The quantitative estimate of drug-likeness (QED) is 0.560. The van der Waals surface area contributed by atoms with Crippen molar-refractivity contribution in [2.75, 3.05) is 13.6 Å². The third kappa shape index (κ3) is 2.84. The van der Waals surface area contributed by atoms with Gasteiger partial charge in [-0.3, -0.25) is 4.90 Å². The second-order valence-electron chi connectivity index (χ2n) is 4.33. The van der Waals surface area contributed by atoms with E-state index < -0.39 is 0 Å². The summed E-state index contributed by atoms with van der Waals surface area (Å²) in [6.07, 6.45) is 4.94. The van der Waals surface area contributed by atoms with Crippen LogP contribution in [0.4, 0.5) is 0 Å². The maximum atomic E-state index is 4.19. The third-order valence-corrected chi connectivity index (χ3v) is 3.33. The van der Waals surface area contributed by atoms with Crippen molar-refractivity contribution in [3.8, 4) is 0 Å². The first-order valence-electron chi connectivity index (χ1n) is 5.92. The summed E-state index contributed by atoms with van der Waals surface area (Å²) in [7, 11) is 2.22. The first-order chi connectivity index (χ1) is 6.55. The Kier molecular flexibility index (Phi) is 6.10. The number of hydrogen-bond donors (Lipinski definition) is 0. The molecule has 0 aliphatic heterocycles. The predicted molar refractivity (Wildman–Crippen MR) is 65.7 cm³/mol. The van der Waals surface area contributed by atoms with E-state index in [0.717, 1.165) is 6.54 Å². The molecule has 0 aromatic carbocycles. The van der Waals surface area contributed by atoms with Crippen LogP contribution in [-0.2, 0) is 0 Å². The van der Waals surface area contributed by atoms with E-state index in [0.29, 0.717) is 0 Å². The normalized spacial score (nSPS) is 12.1. The fourth-order valence-corrected chi connectivity index (χ4v) is 2.39. The van der Waals surface area contributed by atoms with Crippen LogP contribution in [0.2, 0.25) is 0 Å². The molecule has 14 heavy (non-hydrogen) atoms. The van der Waals surface area contributed by atoms with E-state index in [9.17, 15) is 0 Å². The largest absolute Gasteiger partial charge is 0.297 e. The molecule has 1 nitrogen and oxygen atoms in total. The second-order valence-corrected chi connectivity index (χ2v) is 4.33. The molecule has 0 N–H and O–H groups in total. The number of rotatable bonds is 7. The van der Waals surface area contributed by atoms with Crippen LogP contribution in [0.15, 0.2) is 12.2 Å². The Morgan fingerprint density at radius 3 is 1.79 bits per heavy atom. The minimum absolute atomic E-state index is 0.248. The Hall–Kier alpha value is -0.300. The Morgan fingerprint density at radius 2 is 1.57 bits per heavy atom. The monoisotopic (exact) mass is 197 g/mol. The highest BCUT2D eigenvalue weighted by atomic mass is 15.2. The van der Waals surface area contributed by atoms with Gasteiger partial charge in [-0.05, 0) is 33.4 Å². The minimum atomic E-state index is 0.248. The molecule has 0 saturated carbocycles. The first kappa shape index (κ1) is 13.7. The summed E-state index contributed by atoms with van der Waals surface area (Å²) in [5.41, 5.74) is 1.57. The van der Waals surface area contributed by atoms with Crippen LogP contribution in [0.25, 0.3) is 0 Å². The van der Waals surface area contributed by atoms with Crippen molar-refractivity contribution in [3.63, 3.8) is 0 Å². The lowest BCUT2D eigenvalue weighted by molar-refractivity contribution is 0.138. The summed E-state index contributed by atoms with van der Waals surface area (Å²) in [5.74, 6) is 0. The van der Waals surface area contributed by atoms with E-state index in [1.54, 1.807) is 0 Å². The van der Waals surface area contributed by atoms with Crippen molar-refractivity contribution in [2.24, 2.45) is 0 Å². The molecule has 0 rings (SSSR count). The summed E-state index contributed by atoms with van der Waals surface area (Å²) in [6.45, 7) is 14.2. The number of hydrogen-bond acceptors (Lipinski definition) is 1. The van der Waals surface area contributed by atoms with Gasteiger partial charge in [0.05, 0.1) is 0 Å². The highest BCUT2D eigenvalue weighted by Crippen LogP contribution is 2.32. The Bertz CT molecular complexity index is 166. The molecule has 0 aliphatic rings. The molecule has 1 heteroatoms. The van der Waals surface area contributed by atoms with Crippen molar-refractivity contribution in [1.82, 2.24) is 4.90 Å². The molecule has 84 valence electrons. The van der Waals surface area contributed by atoms with Gasteiger partial charge >= 0.3 is 0 Å². The van der Waals surface area contributed by atoms with Gasteiger partial charge in [-0.25, -0.2) is 0 Å². The SMILES string of the molecule is C=C(C)C(CCC)(CCC)N(C)CC. The lowest BCUT2D eigenvalue weighted by atomic mass is 9.81. The third-order valence-electron chi connectivity index (χ3n) is 3.33. The summed E-state index contributed by atoms with van der Waals surface area (Å²) in [4.78, 5) is 2.46. The van der Waals surface area contributed by atoms with E-state index in [4.69, 9.17) is 0 Å². The van der Waals surface area contributed by atoms with Gasteiger partial charge in [0.1, 0.15) is 0 Å². The van der Waals surface area contributed by atoms with Crippen molar-refractivity contribution < 1.29 is 0 Å². The summed E-state index contributed by atoms with van der Waals surface area (Å²) in [6, 6.07) is 0. The molecule has 0 aliphatic carbocycles. The zero-order chi connectivity index (χ0) is 11.2. The topological polar surface area (TPSA) is 3.24 Å². The molecule has 0 bridgehead atoms. The highest BCUT2D eigenvalue weighted by molar-refractivity contribution is 5.14. The summed E-state index contributed by atoms with van der Waals surface area (Å²) >= 11 is 0. The molecule has 0 saturated heterocycles. The molecular formula is C13H27N. The van der Waals surface area contributed by atoms with Gasteiger partial charge in [0.2, 0.25) is 0 Å². The standard InChI is InChI=1S/C13H27N/c1-7-10-13(11-8-2,12(4)5)14(6)9-3/h4,7-11H2,1-3,5-6H3. The molecule has 0 aromatic rings. The lowest BCUT2D eigenvalue weighted by Gasteiger charge is -2.42. The van der Waals surface area contributed by atoms with Gasteiger partial charge in [-0.15, -0.1) is 0 Å².